The summed E-state index contributed by atoms with van der Waals surface area (Å²) in [6.45, 7) is 9.95. The number of hydrogen-bond acceptors (Lipinski definition) is 4. The molecule has 0 aliphatic carbocycles. The third-order valence-corrected chi connectivity index (χ3v) is 4.53. The SMILES string of the molecule is Cc1csc(CN2C(=O)C(C)(C)NC(=O)C2CC(C)C)n1. The Morgan fingerprint density at radius 3 is 2.62 bits per heavy atom. The minimum absolute atomic E-state index is 0.0411. The summed E-state index contributed by atoms with van der Waals surface area (Å²) < 4.78 is 0. The Hall–Kier alpha value is -1.43. The normalized spacial score (nSPS) is 21.8. The molecule has 1 N–H and O–H groups in total. The lowest BCUT2D eigenvalue weighted by Crippen LogP contribution is -2.67. The molecule has 0 bridgehead atoms. The molecule has 0 saturated carbocycles. The van der Waals surface area contributed by atoms with E-state index in [9.17, 15) is 9.59 Å². The topological polar surface area (TPSA) is 62.3 Å². The molecule has 1 atom stereocenters. The van der Waals surface area contributed by atoms with Crippen LogP contribution in [0.15, 0.2) is 5.38 Å². The second-order valence-corrected chi connectivity index (χ2v) is 7.52. The molecule has 0 aromatic carbocycles. The first-order valence-electron chi connectivity index (χ1n) is 7.25. The molecule has 1 saturated heterocycles. The van der Waals surface area contributed by atoms with Gasteiger partial charge < -0.3 is 10.2 Å². The van der Waals surface area contributed by atoms with Gasteiger partial charge in [-0.25, -0.2) is 4.98 Å². The summed E-state index contributed by atoms with van der Waals surface area (Å²) in [7, 11) is 0. The van der Waals surface area contributed by atoms with Gasteiger partial charge in [-0.05, 0) is 33.1 Å². The first-order valence-corrected chi connectivity index (χ1v) is 8.13. The summed E-state index contributed by atoms with van der Waals surface area (Å²) in [5.41, 5.74) is 0.0974. The van der Waals surface area contributed by atoms with Crippen molar-refractivity contribution in [2.45, 2.75) is 59.2 Å². The van der Waals surface area contributed by atoms with Gasteiger partial charge in [-0.3, -0.25) is 9.59 Å². The van der Waals surface area contributed by atoms with Crippen LogP contribution in [0, 0.1) is 12.8 Å². The lowest BCUT2D eigenvalue weighted by atomic mass is 9.92. The Labute approximate surface area is 129 Å². The quantitative estimate of drug-likeness (QED) is 0.926. The van der Waals surface area contributed by atoms with E-state index in [1.807, 2.05) is 12.3 Å². The van der Waals surface area contributed by atoms with Crippen LogP contribution in [0.4, 0.5) is 0 Å². The predicted molar refractivity (Wildman–Crippen MR) is 82.9 cm³/mol. The Balaban J connectivity index is 2.28. The fourth-order valence-corrected chi connectivity index (χ4v) is 3.34. The summed E-state index contributed by atoms with van der Waals surface area (Å²) >= 11 is 1.53. The average Bonchev–Trinajstić information content (AvgIpc) is 2.76. The highest BCUT2D eigenvalue weighted by molar-refractivity contribution is 7.09. The van der Waals surface area contributed by atoms with E-state index >= 15 is 0 Å². The van der Waals surface area contributed by atoms with Crippen LogP contribution in [0.3, 0.4) is 0 Å². The van der Waals surface area contributed by atoms with Crippen molar-refractivity contribution in [2.75, 3.05) is 0 Å². The molecule has 116 valence electrons. The molecule has 2 amide bonds. The fraction of sp³-hybridized carbons (Fsp3) is 0.667. The lowest BCUT2D eigenvalue weighted by Gasteiger charge is -2.43. The smallest absolute Gasteiger partial charge is 0.248 e. The van der Waals surface area contributed by atoms with Gasteiger partial charge in [0.25, 0.3) is 0 Å². The highest BCUT2D eigenvalue weighted by atomic mass is 32.1. The van der Waals surface area contributed by atoms with Crippen molar-refractivity contribution in [1.29, 1.82) is 0 Å². The van der Waals surface area contributed by atoms with Crippen molar-refractivity contribution in [3.63, 3.8) is 0 Å². The summed E-state index contributed by atoms with van der Waals surface area (Å²) in [4.78, 5) is 31.2. The Bertz CT molecular complexity index is 551. The van der Waals surface area contributed by atoms with Gasteiger partial charge in [-0.15, -0.1) is 11.3 Å². The molecule has 0 radical (unpaired) electrons. The number of piperazine rings is 1. The van der Waals surface area contributed by atoms with Gasteiger partial charge in [-0.2, -0.15) is 0 Å². The number of hydrogen-bond donors (Lipinski definition) is 1. The molecule has 0 spiro atoms. The number of amides is 2. The summed E-state index contributed by atoms with van der Waals surface area (Å²) in [5, 5.41) is 5.67. The number of thiazole rings is 1. The van der Waals surface area contributed by atoms with Crippen LogP contribution in [-0.4, -0.2) is 33.3 Å². The highest BCUT2D eigenvalue weighted by Crippen LogP contribution is 2.25. The number of nitrogens with zero attached hydrogens (tertiary/aromatic N) is 2. The second-order valence-electron chi connectivity index (χ2n) is 6.58. The largest absolute Gasteiger partial charge is 0.340 e. The summed E-state index contributed by atoms with van der Waals surface area (Å²) in [6.07, 6.45) is 0.665. The maximum absolute atomic E-state index is 12.7. The van der Waals surface area contributed by atoms with E-state index in [4.69, 9.17) is 0 Å². The van der Waals surface area contributed by atoms with Crippen molar-refractivity contribution in [1.82, 2.24) is 15.2 Å². The molecule has 1 aliphatic rings. The fourth-order valence-electron chi connectivity index (χ4n) is 2.57. The van der Waals surface area contributed by atoms with Crippen LogP contribution < -0.4 is 5.32 Å². The molecule has 1 aromatic rings. The number of aryl methyl sites for hydroxylation is 1. The monoisotopic (exact) mass is 309 g/mol. The summed E-state index contributed by atoms with van der Waals surface area (Å²) in [5.74, 6) is 0.234. The van der Waals surface area contributed by atoms with Crippen molar-refractivity contribution in [2.24, 2.45) is 5.92 Å². The van der Waals surface area contributed by atoms with Crippen LogP contribution in [0.25, 0.3) is 0 Å². The standard InChI is InChI=1S/C15H23N3O2S/c1-9(2)6-11-13(19)17-15(4,5)14(20)18(11)7-12-16-10(3)8-21-12/h8-9,11H,6-7H2,1-5H3,(H,17,19). The van der Waals surface area contributed by atoms with Gasteiger partial charge in [0.15, 0.2) is 0 Å². The van der Waals surface area contributed by atoms with Crippen molar-refractivity contribution in [3.8, 4) is 0 Å². The minimum Gasteiger partial charge on any atom is -0.340 e. The molecule has 1 aromatic heterocycles. The zero-order valence-corrected chi connectivity index (χ0v) is 14.1. The van der Waals surface area contributed by atoms with Gasteiger partial charge in [0.2, 0.25) is 11.8 Å². The van der Waals surface area contributed by atoms with Crippen LogP contribution >= 0.6 is 11.3 Å². The average molecular weight is 309 g/mol. The molecule has 1 fully saturated rings. The minimum atomic E-state index is -0.850. The number of carbonyl (C=O) groups excluding carboxylic acids is 2. The highest BCUT2D eigenvalue weighted by Gasteiger charge is 2.45. The first-order chi connectivity index (χ1) is 9.70. The van der Waals surface area contributed by atoms with Gasteiger partial charge in [0, 0.05) is 11.1 Å². The molecular formula is C15H23N3O2S. The van der Waals surface area contributed by atoms with E-state index in [0.717, 1.165) is 10.7 Å². The molecule has 6 heteroatoms. The van der Waals surface area contributed by atoms with Crippen molar-refractivity contribution in [3.05, 3.63) is 16.1 Å². The van der Waals surface area contributed by atoms with E-state index in [0.29, 0.717) is 18.9 Å². The zero-order valence-electron chi connectivity index (χ0n) is 13.3. The maximum Gasteiger partial charge on any atom is 0.248 e. The van der Waals surface area contributed by atoms with Crippen molar-refractivity contribution >= 4 is 23.2 Å². The zero-order chi connectivity index (χ0) is 15.8. The van der Waals surface area contributed by atoms with Crippen LogP contribution in [0.2, 0.25) is 0 Å². The van der Waals surface area contributed by atoms with E-state index in [1.165, 1.54) is 11.3 Å². The third-order valence-electron chi connectivity index (χ3n) is 3.58. The molecule has 1 unspecified atom stereocenters. The number of rotatable bonds is 4. The first kappa shape index (κ1) is 15.9. The molecule has 2 rings (SSSR count). The van der Waals surface area contributed by atoms with Gasteiger partial charge in [0.1, 0.15) is 16.6 Å². The van der Waals surface area contributed by atoms with E-state index in [2.05, 4.69) is 24.1 Å². The number of carbonyl (C=O) groups is 2. The van der Waals surface area contributed by atoms with Crippen LogP contribution in [0.1, 0.15) is 44.8 Å². The molecule has 21 heavy (non-hydrogen) atoms. The third kappa shape index (κ3) is 3.43. The van der Waals surface area contributed by atoms with Crippen molar-refractivity contribution < 1.29 is 9.59 Å². The predicted octanol–water partition coefficient (Wildman–Crippen LogP) is 2.10. The maximum atomic E-state index is 12.7. The molecule has 1 aliphatic heterocycles. The Morgan fingerprint density at radius 1 is 1.43 bits per heavy atom. The number of aromatic nitrogens is 1. The molecule has 2 heterocycles. The van der Waals surface area contributed by atoms with E-state index in [1.54, 1.807) is 18.7 Å². The van der Waals surface area contributed by atoms with Gasteiger partial charge in [-0.1, -0.05) is 13.8 Å². The van der Waals surface area contributed by atoms with Crippen LogP contribution in [-0.2, 0) is 16.1 Å². The Morgan fingerprint density at radius 2 is 2.10 bits per heavy atom. The van der Waals surface area contributed by atoms with Gasteiger partial charge in [0.05, 0.1) is 6.54 Å². The summed E-state index contributed by atoms with van der Waals surface area (Å²) in [6, 6.07) is -0.408. The molecular weight excluding hydrogens is 286 g/mol. The van der Waals surface area contributed by atoms with Gasteiger partial charge >= 0.3 is 0 Å². The number of nitrogens with one attached hydrogen (secondary N) is 1. The van der Waals surface area contributed by atoms with E-state index in [-0.39, 0.29) is 11.8 Å². The second kappa shape index (κ2) is 5.75. The Kier molecular flexibility index (Phi) is 4.37. The van der Waals surface area contributed by atoms with E-state index < -0.39 is 11.6 Å². The lowest BCUT2D eigenvalue weighted by molar-refractivity contribution is -0.154. The molecule has 5 nitrogen and oxygen atoms in total. The van der Waals surface area contributed by atoms with Crippen LogP contribution in [0.5, 0.6) is 0 Å².